The lowest BCUT2D eigenvalue weighted by atomic mass is 10.2. The van der Waals surface area contributed by atoms with Crippen LogP contribution in [0.1, 0.15) is 12.5 Å². The van der Waals surface area contributed by atoms with E-state index in [1.54, 1.807) is 12.1 Å². The van der Waals surface area contributed by atoms with Gasteiger partial charge in [0.2, 0.25) is 0 Å². The highest BCUT2D eigenvalue weighted by Crippen LogP contribution is 2.33. The van der Waals surface area contributed by atoms with Crippen molar-refractivity contribution in [3.05, 3.63) is 55.7 Å². The smallest absolute Gasteiger partial charge is 0.147 e. The van der Waals surface area contributed by atoms with E-state index in [4.69, 9.17) is 16.3 Å². The average molecular weight is 438 g/mol. The van der Waals surface area contributed by atoms with E-state index in [-0.39, 0.29) is 5.82 Å². The summed E-state index contributed by atoms with van der Waals surface area (Å²) in [6, 6.07) is 8.40. The second kappa shape index (κ2) is 7.47. The summed E-state index contributed by atoms with van der Waals surface area (Å²) in [6.45, 7) is 2.92. The van der Waals surface area contributed by atoms with Gasteiger partial charge in [-0.25, -0.2) is 4.39 Å². The van der Waals surface area contributed by atoms with E-state index in [1.165, 1.54) is 6.07 Å². The molecule has 0 aliphatic heterocycles. The van der Waals surface area contributed by atoms with Gasteiger partial charge in [-0.15, -0.1) is 0 Å². The lowest BCUT2D eigenvalue weighted by Gasteiger charge is -2.14. The minimum absolute atomic E-state index is 0.373. The first-order valence-electron chi connectivity index (χ1n) is 6.31. The molecule has 0 aromatic heterocycles. The van der Waals surface area contributed by atoms with Crippen LogP contribution in [0.3, 0.4) is 0 Å². The molecular weight excluding hydrogens is 424 g/mol. The molecular formula is C15H13Br2ClFNO. The molecule has 0 bridgehead atoms. The van der Waals surface area contributed by atoms with Crippen LogP contribution >= 0.6 is 43.5 Å². The van der Waals surface area contributed by atoms with Crippen LogP contribution in [0, 0.1) is 5.82 Å². The van der Waals surface area contributed by atoms with Crippen molar-refractivity contribution in [2.45, 2.75) is 13.5 Å². The molecule has 0 atom stereocenters. The molecule has 2 rings (SSSR count). The number of rotatable bonds is 5. The van der Waals surface area contributed by atoms with Gasteiger partial charge in [-0.2, -0.15) is 0 Å². The van der Waals surface area contributed by atoms with Gasteiger partial charge in [0, 0.05) is 21.6 Å². The highest BCUT2D eigenvalue weighted by molar-refractivity contribution is 9.11. The lowest BCUT2D eigenvalue weighted by molar-refractivity contribution is 0.334. The molecule has 6 heteroatoms. The van der Waals surface area contributed by atoms with Crippen molar-refractivity contribution in [3.8, 4) is 5.75 Å². The number of benzene rings is 2. The largest absolute Gasteiger partial charge is 0.492 e. The fourth-order valence-electron chi connectivity index (χ4n) is 1.87. The molecule has 1 N–H and O–H groups in total. The normalized spacial score (nSPS) is 10.5. The molecule has 0 heterocycles. The Bertz CT molecular complexity index is 652. The van der Waals surface area contributed by atoms with Crippen molar-refractivity contribution < 1.29 is 9.13 Å². The van der Waals surface area contributed by atoms with Crippen molar-refractivity contribution in [3.63, 3.8) is 0 Å². The van der Waals surface area contributed by atoms with Crippen LogP contribution in [0.4, 0.5) is 10.1 Å². The van der Waals surface area contributed by atoms with Crippen molar-refractivity contribution in [1.29, 1.82) is 0 Å². The summed E-state index contributed by atoms with van der Waals surface area (Å²) in [4.78, 5) is 0. The summed E-state index contributed by atoms with van der Waals surface area (Å²) >= 11 is 12.7. The summed E-state index contributed by atoms with van der Waals surface area (Å²) in [5.41, 5.74) is 1.32. The van der Waals surface area contributed by atoms with E-state index < -0.39 is 0 Å². The van der Waals surface area contributed by atoms with Crippen LogP contribution in [-0.2, 0) is 6.54 Å². The lowest BCUT2D eigenvalue weighted by Crippen LogP contribution is -2.05. The second-order valence-electron chi connectivity index (χ2n) is 4.29. The Balaban J connectivity index is 2.22. The maximum absolute atomic E-state index is 13.8. The van der Waals surface area contributed by atoms with Crippen LogP contribution in [0.5, 0.6) is 5.75 Å². The number of ether oxygens (including phenoxy) is 1. The van der Waals surface area contributed by atoms with Gasteiger partial charge in [0.15, 0.2) is 0 Å². The zero-order valence-corrected chi connectivity index (χ0v) is 15.1. The third-order valence-corrected chi connectivity index (χ3v) is 4.06. The van der Waals surface area contributed by atoms with Crippen molar-refractivity contribution in [2.24, 2.45) is 0 Å². The predicted octanol–water partition coefficient (Wildman–Crippen LogP) is 6.01. The fourth-order valence-corrected chi connectivity index (χ4v) is 3.46. The molecule has 2 aromatic rings. The molecule has 0 radical (unpaired) electrons. The number of nitrogens with one attached hydrogen (secondary N) is 1. The van der Waals surface area contributed by atoms with E-state index in [0.29, 0.717) is 23.9 Å². The highest BCUT2D eigenvalue weighted by Gasteiger charge is 2.11. The van der Waals surface area contributed by atoms with Gasteiger partial charge in [0.05, 0.1) is 16.8 Å². The van der Waals surface area contributed by atoms with Gasteiger partial charge in [-0.1, -0.05) is 27.5 Å². The van der Waals surface area contributed by atoms with Crippen LogP contribution in [0.15, 0.2) is 39.3 Å². The first kappa shape index (κ1) is 16.6. The third kappa shape index (κ3) is 4.34. The molecule has 0 saturated carbocycles. The summed E-state index contributed by atoms with van der Waals surface area (Å²) in [5.74, 6) is 0.372. The molecule has 0 aliphatic rings. The molecule has 112 valence electrons. The Morgan fingerprint density at radius 1 is 1.24 bits per heavy atom. The summed E-state index contributed by atoms with van der Waals surface area (Å²) in [5, 5.41) is 3.43. The minimum atomic E-state index is -0.380. The van der Waals surface area contributed by atoms with Crippen molar-refractivity contribution in [1.82, 2.24) is 0 Å². The number of hydrogen-bond acceptors (Lipinski definition) is 2. The highest BCUT2D eigenvalue weighted by atomic mass is 79.9. The molecule has 0 saturated heterocycles. The van der Waals surface area contributed by atoms with Gasteiger partial charge in [-0.05, 0) is 53.2 Å². The predicted molar refractivity (Wildman–Crippen MR) is 91.7 cm³/mol. The van der Waals surface area contributed by atoms with Crippen LogP contribution < -0.4 is 10.1 Å². The van der Waals surface area contributed by atoms with Gasteiger partial charge >= 0.3 is 0 Å². The Morgan fingerprint density at radius 2 is 2.00 bits per heavy atom. The minimum Gasteiger partial charge on any atom is -0.492 e. The third-order valence-electron chi connectivity index (χ3n) is 2.77. The zero-order chi connectivity index (χ0) is 15.4. The fraction of sp³-hybridized carbons (Fsp3) is 0.200. The van der Waals surface area contributed by atoms with E-state index in [2.05, 4.69) is 37.2 Å². The van der Waals surface area contributed by atoms with Gasteiger partial charge < -0.3 is 10.1 Å². The van der Waals surface area contributed by atoms with Crippen LogP contribution in [-0.4, -0.2) is 6.61 Å². The molecule has 0 aliphatic carbocycles. The molecule has 2 aromatic carbocycles. The van der Waals surface area contributed by atoms with Crippen molar-refractivity contribution >= 4 is 49.1 Å². The van der Waals surface area contributed by atoms with E-state index in [0.717, 1.165) is 20.3 Å². The Kier molecular flexibility index (Phi) is 5.90. The van der Waals surface area contributed by atoms with E-state index in [1.807, 2.05) is 19.1 Å². The average Bonchev–Trinajstić information content (AvgIpc) is 2.41. The van der Waals surface area contributed by atoms with E-state index >= 15 is 0 Å². The molecule has 0 unspecified atom stereocenters. The molecule has 0 fully saturated rings. The maximum atomic E-state index is 13.8. The van der Waals surface area contributed by atoms with Gasteiger partial charge in [0.1, 0.15) is 11.6 Å². The van der Waals surface area contributed by atoms with Gasteiger partial charge in [-0.3, -0.25) is 0 Å². The molecule has 0 amide bonds. The molecule has 2 nitrogen and oxygen atoms in total. The summed E-state index contributed by atoms with van der Waals surface area (Å²) < 4.78 is 21.2. The first-order valence-corrected chi connectivity index (χ1v) is 8.27. The zero-order valence-electron chi connectivity index (χ0n) is 11.2. The quantitative estimate of drug-likeness (QED) is 0.618. The van der Waals surface area contributed by atoms with Crippen LogP contribution in [0.25, 0.3) is 0 Å². The van der Waals surface area contributed by atoms with Crippen molar-refractivity contribution in [2.75, 3.05) is 11.9 Å². The maximum Gasteiger partial charge on any atom is 0.147 e. The molecule has 0 spiro atoms. The molecule has 21 heavy (non-hydrogen) atoms. The van der Waals surface area contributed by atoms with Crippen LogP contribution in [0.2, 0.25) is 5.02 Å². The summed E-state index contributed by atoms with van der Waals surface area (Å²) in [7, 11) is 0. The van der Waals surface area contributed by atoms with E-state index in [9.17, 15) is 4.39 Å². The van der Waals surface area contributed by atoms with Gasteiger partial charge in [0.25, 0.3) is 0 Å². The number of hydrogen-bond donors (Lipinski definition) is 1. The Morgan fingerprint density at radius 3 is 2.67 bits per heavy atom. The monoisotopic (exact) mass is 435 g/mol. The Hall–Kier alpha value is -0.780. The second-order valence-corrected chi connectivity index (χ2v) is 6.49. The topological polar surface area (TPSA) is 21.3 Å². The number of halogens is 4. The SMILES string of the molecule is CCOc1c(Br)cc(Br)cc1CNc1ccc(Cl)cc1F. The summed E-state index contributed by atoms with van der Waals surface area (Å²) in [6.07, 6.45) is 0. The standard InChI is InChI=1S/C15H13Br2ClFNO/c1-2-21-15-9(5-10(16)6-12(15)17)8-20-14-4-3-11(18)7-13(14)19/h3-7,20H,2,8H2,1H3. The first-order chi connectivity index (χ1) is 10.0. The Labute approximate surface area is 144 Å². The number of anilines is 1.